The van der Waals surface area contributed by atoms with E-state index in [1.54, 1.807) is 31.3 Å². The van der Waals surface area contributed by atoms with Gasteiger partial charge < -0.3 is 16.0 Å². The van der Waals surface area contributed by atoms with Crippen molar-refractivity contribution in [3.8, 4) is 0 Å². The highest BCUT2D eigenvalue weighted by molar-refractivity contribution is 5.95. The Morgan fingerprint density at radius 2 is 1.64 bits per heavy atom. The number of anilines is 1. The number of nitrogens with one attached hydrogen (secondary N) is 2. The molecular weight excluding hydrogens is 350 g/mol. The number of rotatable bonds is 9. The minimum absolute atomic E-state index is 0.0547. The molecule has 5 heteroatoms. The summed E-state index contributed by atoms with van der Waals surface area (Å²) in [6.45, 7) is 6.88. The van der Waals surface area contributed by atoms with E-state index < -0.39 is 0 Å². The molecule has 0 aromatic heterocycles. The van der Waals surface area contributed by atoms with Crippen LogP contribution in [0.3, 0.4) is 0 Å². The molecule has 2 amide bonds. The third-order valence-electron chi connectivity index (χ3n) is 4.84. The van der Waals surface area contributed by atoms with Crippen LogP contribution in [0.4, 0.5) is 5.69 Å². The zero-order valence-corrected chi connectivity index (χ0v) is 17.3. The minimum atomic E-state index is -0.143. The summed E-state index contributed by atoms with van der Waals surface area (Å²) in [5, 5.41) is 7.57. The molecule has 28 heavy (non-hydrogen) atoms. The molecule has 0 aliphatic carbocycles. The number of carbonyl (C=O) groups excluding carboxylic acids is 2. The zero-order valence-electron chi connectivity index (χ0n) is 17.3. The molecule has 0 saturated heterocycles. The van der Waals surface area contributed by atoms with E-state index in [4.69, 9.17) is 0 Å². The molecule has 5 nitrogen and oxygen atoms in total. The maximum atomic E-state index is 12.4. The van der Waals surface area contributed by atoms with E-state index in [-0.39, 0.29) is 17.9 Å². The predicted octanol–water partition coefficient (Wildman–Crippen LogP) is 2.90. The third-order valence-corrected chi connectivity index (χ3v) is 4.84. The highest BCUT2D eigenvalue weighted by Gasteiger charge is 2.20. The Kier molecular flexibility index (Phi) is 8.20. The van der Waals surface area contributed by atoms with E-state index in [9.17, 15) is 9.59 Å². The van der Waals surface area contributed by atoms with Crippen LogP contribution in [0.5, 0.6) is 0 Å². The molecule has 2 aromatic carbocycles. The molecule has 150 valence electrons. The van der Waals surface area contributed by atoms with Crippen molar-refractivity contribution < 1.29 is 14.9 Å². The first-order valence-electron chi connectivity index (χ1n) is 9.98. The Balaban J connectivity index is 1.93. The molecule has 0 radical (unpaired) electrons. The zero-order chi connectivity index (χ0) is 20.5. The van der Waals surface area contributed by atoms with Crippen LogP contribution in [-0.2, 0) is 11.2 Å². The van der Waals surface area contributed by atoms with Gasteiger partial charge in [0.25, 0.3) is 11.8 Å². The number of carbonyl (C=O) groups is 2. The highest BCUT2D eigenvalue weighted by atomic mass is 16.2. The standard InChI is InChI=1S/C23H31N3O2/c1-5-6-17-7-9-18(10-8-17)22(16(2)3)25-15-21(27)26-20-13-11-19(12-14-20)23(28)24-4/h7-14,16,22,25H,5-6,15H2,1-4H3,(H,24,28)(H,26,27)/p+1/t22-/m1/s1. The van der Waals surface area contributed by atoms with E-state index >= 15 is 0 Å². The third kappa shape index (κ3) is 6.20. The largest absolute Gasteiger partial charge is 0.355 e. The van der Waals surface area contributed by atoms with Gasteiger partial charge in [0.1, 0.15) is 6.04 Å². The van der Waals surface area contributed by atoms with Gasteiger partial charge >= 0.3 is 0 Å². The van der Waals surface area contributed by atoms with E-state index in [0.717, 1.165) is 12.8 Å². The first-order chi connectivity index (χ1) is 13.4. The first-order valence-corrected chi connectivity index (χ1v) is 9.98. The monoisotopic (exact) mass is 382 g/mol. The summed E-state index contributed by atoms with van der Waals surface area (Å²) in [6, 6.07) is 15.9. The Hall–Kier alpha value is -2.66. The second-order valence-corrected chi connectivity index (χ2v) is 7.41. The second kappa shape index (κ2) is 10.6. The van der Waals surface area contributed by atoms with Crippen LogP contribution in [0.25, 0.3) is 0 Å². The molecule has 2 rings (SSSR count). The molecule has 1 atom stereocenters. The number of hydrogen-bond donors (Lipinski definition) is 3. The van der Waals surface area contributed by atoms with Crippen LogP contribution >= 0.6 is 0 Å². The maximum Gasteiger partial charge on any atom is 0.279 e. The van der Waals surface area contributed by atoms with Gasteiger partial charge in [0.2, 0.25) is 0 Å². The van der Waals surface area contributed by atoms with Gasteiger partial charge in [-0.25, -0.2) is 0 Å². The summed E-state index contributed by atoms with van der Waals surface area (Å²) in [4.78, 5) is 23.9. The average Bonchev–Trinajstić information content (AvgIpc) is 2.69. The van der Waals surface area contributed by atoms with Crippen molar-refractivity contribution in [3.05, 3.63) is 65.2 Å². The lowest BCUT2D eigenvalue weighted by atomic mass is 9.94. The summed E-state index contributed by atoms with van der Waals surface area (Å²) in [5.41, 5.74) is 3.86. The Morgan fingerprint density at radius 3 is 2.18 bits per heavy atom. The maximum absolute atomic E-state index is 12.4. The lowest BCUT2D eigenvalue weighted by Gasteiger charge is -2.20. The summed E-state index contributed by atoms with van der Waals surface area (Å²) in [6.07, 6.45) is 2.24. The molecule has 4 N–H and O–H groups in total. The van der Waals surface area contributed by atoms with Gasteiger partial charge in [-0.3, -0.25) is 9.59 Å². The predicted molar refractivity (Wildman–Crippen MR) is 113 cm³/mol. The Morgan fingerprint density at radius 1 is 1.00 bits per heavy atom. The summed E-state index contributed by atoms with van der Waals surface area (Å²) >= 11 is 0. The second-order valence-electron chi connectivity index (χ2n) is 7.41. The lowest BCUT2D eigenvalue weighted by molar-refractivity contribution is -0.692. The smallest absolute Gasteiger partial charge is 0.279 e. The molecule has 0 fully saturated rings. The van der Waals surface area contributed by atoms with Crippen LogP contribution < -0.4 is 16.0 Å². The molecule has 0 unspecified atom stereocenters. The van der Waals surface area contributed by atoms with Crippen molar-refractivity contribution in [1.29, 1.82) is 0 Å². The minimum Gasteiger partial charge on any atom is -0.355 e. The molecule has 2 aromatic rings. The van der Waals surface area contributed by atoms with Crippen molar-refractivity contribution in [2.75, 3.05) is 18.9 Å². The number of nitrogens with two attached hydrogens (primary N) is 1. The fraction of sp³-hybridized carbons (Fsp3) is 0.391. The van der Waals surface area contributed by atoms with Crippen LogP contribution in [0.2, 0.25) is 0 Å². The summed E-state index contributed by atoms with van der Waals surface area (Å²) in [7, 11) is 1.59. The highest BCUT2D eigenvalue weighted by Crippen LogP contribution is 2.18. The molecule has 0 saturated carbocycles. The van der Waals surface area contributed by atoms with Crippen LogP contribution in [0.15, 0.2) is 48.5 Å². The topological polar surface area (TPSA) is 74.8 Å². The SMILES string of the molecule is CCCc1ccc([C@H]([NH2+]CC(=O)Nc2ccc(C(=O)NC)cc2)C(C)C)cc1. The fourth-order valence-electron chi connectivity index (χ4n) is 3.28. The van der Waals surface area contributed by atoms with Crippen LogP contribution in [0.1, 0.15) is 54.7 Å². The molecule has 0 aliphatic rings. The molecule has 0 heterocycles. The van der Waals surface area contributed by atoms with Crippen molar-refractivity contribution in [3.63, 3.8) is 0 Å². The van der Waals surface area contributed by atoms with Gasteiger partial charge in [-0.2, -0.15) is 0 Å². The number of hydrogen-bond acceptors (Lipinski definition) is 2. The van der Waals surface area contributed by atoms with Crippen molar-refractivity contribution in [2.45, 2.75) is 39.7 Å². The number of aryl methyl sites for hydroxylation is 1. The number of amides is 2. The number of quaternary nitrogens is 1. The average molecular weight is 383 g/mol. The summed E-state index contributed by atoms with van der Waals surface area (Å²) < 4.78 is 0. The fourth-order valence-corrected chi connectivity index (χ4v) is 3.28. The molecule has 0 spiro atoms. The van der Waals surface area contributed by atoms with Gasteiger partial charge in [0.15, 0.2) is 6.54 Å². The van der Waals surface area contributed by atoms with Gasteiger partial charge in [0.05, 0.1) is 0 Å². The van der Waals surface area contributed by atoms with Crippen molar-refractivity contribution in [2.24, 2.45) is 5.92 Å². The van der Waals surface area contributed by atoms with Gasteiger partial charge in [-0.1, -0.05) is 51.5 Å². The van der Waals surface area contributed by atoms with Crippen LogP contribution in [0, 0.1) is 5.92 Å². The Bertz CT molecular complexity index is 767. The van der Waals surface area contributed by atoms with E-state index in [0.29, 0.717) is 23.7 Å². The van der Waals surface area contributed by atoms with E-state index in [2.05, 4.69) is 61.0 Å². The van der Waals surface area contributed by atoms with E-state index in [1.807, 2.05) is 0 Å². The van der Waals surface area contributed by atoms with Crippen LogP contribution in [-0.4, -0.2) is 25.4 Å². The molecule has 0 aliphatic heterocycles. The number of benzene rings is 2. The van der Waals surface area contributed by atoms with Crippen molar-refractivity contribution in [1.82, 2.24) is 5.32 Å². The Labute approximate surface area is 167 Å². The molecule has 0 bridgehead atoms. The van der Waals surface area contributed by atoms with Crippen molar-refractivity contribution >= 4 is 17.5 Å². The molecular formula is C23H32N3O2+. The van der Waals surface area contributed by atoms with E-state index in [1.165, 1.54) is 11.1 Å². The lowest BCUT2D eigenvalue weighted by Crippen LogP contribution is -2.88. The quantitative estimate of drug-likeness (QED) is 0.624. The summed E-state index contributed by atoms with van der Waals surface area (Å²) in [5.74, 6) is 0.216. The van der Waals surface area contributed by atoms with Gasteiger partial charge in [-0.05, 0) is 36.2 Å². The first kappa shape index (κ1) is 21.6. The normalized spacial score (nSPS) is 11.9. The van der Waals surface area contributed by atoms with Gasteiger partial charge in [0, 0.05) is 29.8 Å². The van der Waals surface area contributed by atoms with Gasteiger partial charge in [-0.15, -0.1) is 0 Å².